The standard InChI is InChI=1S/C23H33N3O4/c1-6-29-22(27)19-14-15-21(28-5)24-20(19)16-18(25-30-26-23(2,3)4)13-12-17-10-8-7-9-11-17/h7-11,14-15,18,25-26H,6,12-13,16H2,1-5H3. The van der Waals surface area contributed by atoms with Gasteiger partial charge in [0.1, 0.15) is 0 Å². The van der Waals surface area contributed by atoms with Crippen molar-refractivity contribution < 1.29 is 19.2 Å². The Morgan fingerprint density at radius 3 is 2.50 bits per heavy atom. The van der Waals surface area contributed by atoms with Crippen molar-refractivity contribution in [2.24, 2.45) is 0 Å². The van der Waals surface area contributed by atoms with Crippen LogP contribution in [0.15, 0.2) is 42.5 Å². The Bertz CT molecular complexity index is 791. The van der Waals surface area contributed by atoms with E-state index in [1.54, 1.807) is 26.2 Å². The number of nitrogens with one attached hydrogen (secondary N) is 2. The number of aromatic nitrogens is 1. The minimum Gasteiger partial charge on any atom is -0.481 e. The van der Waals surface area contributed by atoms with Crippen LogP contribution in [0.5, 0.6) is 5.88 Å². The minimum absolute atomic E-state index is 0.0900. The Labute approximate surface area is 179 Å². The highest BCUT2D eigenvalue weighted by molar-refractivity contribution is 5.90. The van der Waals surface area contributed by atoms with E-state index < -0.39 is 5.97 Å². The molecule has 2 aromatic rings. The number of rotatable bonds is 11. The van der Waals surface area contributed by atoms with Gasteiger partial charge in [0.2, 0.25) is 5.88 Å². The van der Waals surface area contributed by atoms with E-state index in [0.717, 1.165) is 12.8 Å². The van der Waals surface area contributed by atoms with E-state index in [-0.39, 0.29) is 11.6 Å². The number of methoxy groups -OCH3 is 1. The van der Waals surface area contributed by atoms with Crippen molar-refractivity contribution in [2.75, 3.05) is 13.7 Å². The average Bonchev–Trinajstić information content (AvgIpc) is 2.71. The lowest BCUT2D eigenvalue weighted by Gasteiger charge is -2.24. The maximum absolute atomic E-state index is 12.4. The summed E-state index contributed by atoms with van der Waals surface area (Å²) < 4.78 is 10.5. The Morgan fingerprint density at radius 1 is 1.13 bits per heavy atom. The Morgan fingerprint density at radius 2 is 1.87 bits per heavy atom. The predicted molar refractivity (Wildman–Crippen MR) is 116 cm³/mol. The monoisotopic (exact) mass is 415 g/mol. The largest absolute Gasteiger partial charge is 0.481 e. The molecule has 0 fully saturated rings. The molecule has 0 aliphatic heterocycles. The number of hydrogen-bond donors (Lipinski definition) is 2. The number of nitrogens with zero attached hydrogens (tertiary/aromatic N) is 1. The Balaban J connectivity index is 2.18. The van der Waals surface area contributed by atoms with Gasteiger partial charge in [-0.25, -0.2) is 14.7 Å². The summed E-state index contributed by atoms with van der Waals surface area (Å²) in [6.07, 6.45) is 2.12. The number of hydrogen-bond acceptors (Lipinski definition) is 7. The first-order valence-electron chi connectivity index (χ1n) is 10.3. The molecule has 0 saturated carbocycles. The maximum Gasteiger partial charge on any atom is 0.339 e. The summed E-state index contributed by atoms with van der Waals surface area (Å²) >= 11 is 0. The summed E-state index contributed by atoms with van der Waals surface area (Å²) in [6.45, 7) is 8.12. The number of esters is 1. The molecular formula is C23H33N3O4. The number of pyridine rings is 1. The van der Waals surface area contributed by atoms with Gasteiger partial charge in [-0.05, 0) is 52.2 Å². The van der Waals surface area contributed by atoms with Crippen LogP contribution in [0.1, 0.15) is 55.7 Å². The van der Waals surface area contributed by atoms with E-state index in [2.05, 4.69) is 28.1 Å². The van der Waals surface area contributed by atoms with Crippen molar-refractivity contribution in [2.45, 2.75) is 58.5 Å². The summed E-state index contributed by atoms with van der Waals surface area (Å²) in [5.74, 6) is 0.0618. The Kier molecular flexibility index (Phi) is 9.23. The summed E-state index contributed by atoms with van der Waals surface area (Å²) in [7, 11) is 1.55. The normalized spacial score (nSPS) is 12.4. The fourth-order valence-corrected chi connectivity index (χ4v) is 2.83. The molecule has 0 aliphatic carbocycles. The second-order valence-electron chi connectivity index (χ2n) is 8.07. The zero-order valence-electron chi connectivity index (χ0n) is 18.5. The van der Waals surface area contributed by atoms with Gasteiger partial charge in [0.15, 0.2) is 0 Å². The van der Waals surface area contributed by atoms with Crippen molar-refractivity contribution in [3.63, 3.8) is 0 Å². The van der Waals surface area contributed by atoms with Crippen molar-refractivity contribution >= 4 is 5.97 Å². The molecule has 1 aromatic heterocycles. The maximum atomic E-state index is 12.4. The first-order valence-corrected chi connectivity index (χ1v) is 10.3. The zero-order chi connectivity index (χ0) is 22.0. The molecule has 1 atom stereocenters. The number of benzene rings is 1. The molecule has 0 amide bonds. The molecule has 0 radical (unpaired) electrons. The average molecular weight is 416 g/mol. The molecule has 0 bridgehead atoms. The summed E-state index contributed by atoms with van der Waals surface area (Å²) in [5, 5.41) is 0. The molecule has 164 valence electrons. The third-order valence-corrected chi connectivity index (χ3v) is 4.30. The van der Waals surface area contributed by atoms with Crippen LogP contribution in [-0.4, -0.2) is 36.3 Å². The van der Waals surface area contributed by atoms with E-state index in [0.29, 0.717) is 30.2 Å². The van der Waals surface area contributed by atoms with Crippen LogP contribution in [0.3, 0.4) is 0 Å². The topological polar surface area (TPSA) is 81.7 Å². The van der Waals surface area contributed by atoms with Crippen LogP contribution < -0.4 is 15.7 Å². The van der Waals surface area contributed by atoms with Gasteiger partial charge in [0.05, 0.1) is 25.0 Å². The van der Waals surface area contributed by atoms with Gasteiger partial charge in [0, 0.05) is 24.1 Å². The third kappa shape index (κ3) is 8.10. The lowest BCUT2D eigenvalue weighted by molar-refractivity contribution is -0.0899. The zero-order valence-corrected chi connectivity index (χ0v) is 18.5. The number of ether oxygens (including phenoxy) is 2. The second kappa shape index (κ2) is 11.6. The number of hydroxylamine groups is 2. The molecule has 0 spiro atoms. The first-order chi connectivity index (χ1) is 14.3. The quantitative estimate of drug-likeness (QED) is 0.428. The molecule has 2 rings (SSSR count). The van der Waals surface area contributed by atoms with Crippen molar-refractivity contribution in [3.8, 4) is 5.88 Å². The van der Waals surface area contributed by atoms with Crippen LogP contribution >= 0.6 is 0 Å². The van der Waals surface area contributed by atoms with Gasteiger partial charge in [-0.15, -0.1) is 0 Å². The Hall–Kier alpha value is -2.48. The van der Waals surface area contributed by atoms with Gasteiger partial charge < -0.3 is 9.47 Å². The van der Waals surface area contributed by atoms with Crippen LogP contribution in [0.25, 0.3) is 0 Å². The van der Waals surface area contributed by atoms with E-state index in [9.17, 15) is 4.79 Å². The second-order valence-corrected chi connectivity index (χ2v) is 8.07. The fraction of sp³-hybridized carbons (Fsp3) is 0.478. The van der Waals surface area contributed by atoms with Gasteiger partial charge in [-0.2, -0.15) is 11.0 Å². The van der Waals surface area contributed by atoms with Gasteiger partial charge in [0.25, 0.3) is 0 Å². The number of carbonyl (C=O) groups excluding carboxylic acids is 1. The molecule has 7 nitrogen and oxygen atoms in total. The van der Waals surface area contributed by atoms with Crippen molar-refractivity contribution in [1.82, 2.24) is 15.9 Å². The molecule has 1 aromatic carbocycles. The van der Waals surface area contributed by atoms with E-state index in [1.807, 2.05) is 39.0 Å². The highest BCUT2D eigenvalue weighted by Crippen LogP contribution is 2.18. The van der Waals surface area contributed by atoms with E-state index in [1.165, 1.54) is 5.56 Å². The highest BCUT2D eigenvalue weighted by atomic mass is 16.8. The number of aryl methyl sites for hydroxylation is 1. The summed E-state index contributed by atoms with van der Waals surface area (Å²) in [6, 6.07) is 13.5. The third-order valence-electron chi connectivity index (χ3n) is 4.30. The summed E-state index contributed by atoms with van der Waals surface area (Å²) in [4.78, 5) is 22.5. The van der Waals surface area contributed by atoms with Crippen molar-refractivity contribution in [1.29, 1.82) is 0 Å². The lowest BCUT2D eigenvalue weighted by atomic mass is 10.00. The molecule has 30 heavy (non-hydrogen) atoms. The molecule has 7 heteroatoms. The summed E-state index contributed by atoms with van der Waals surface area (Å²) in [5.41, 5.74) is 8.13. The molecule has 1 unspecified atom stereocenters. The van der Waals surface area contributed by atoms with E-state index in [4.69, 9.17) is 14.4 Å². The molecular weight excluding hydrogens is 382 g/mol. The van der Waals surface area contributed by atoms with Crippen LogP contribution in [0, 0.1) is 0 Å². The van der Waals surface area contributed by atoms with E-state index >= 15 is 0 Å². The highest BCUT2D eigenvalue weighted by Gasteiger charge is 2.20. The van der Waals surface area contributed by atoms with Gasteiger partial charge >= 0.3 is 5.97 Å². The smallest absolute Gasteiger partial charge is 0.339 e. The molecule has 0 aliphatic rings. The van der Waals surface area contributed by atoms with Crippen LogP contribution in [0.2, 0.25) is 0 Å². The molecule has 2 N–H and O–H groups in total. The number of carbonyl (C=O) groups is 1. The minimum atomic E-state index is -0.391. The SMILES string of the molecule is CCOC(=O)c1ccc(OC)nc1CC(CCc1ccccc1)NONC(C)(C)C. The van der Waals surface area contributed by atoms with Gasteiger partial charge in [-0.3, -0.25) is 0 Å². The van der Waals surface area contributed by atoms with Crippen LogP contribution in [0.4, 0.5) is 0 Å². The van der Waals surface area contributed by atoms with Gasteiger partial charge in [-0.1, -0.05) is 30.3 Å². The molecule has 0 saturated heterocycles. The molecule has 1 heterocycles. The fourth-order valence-electron chi connectivity index (χ4n) is 2.83. The van der Waals surface area contributed by atoms with Crippen molar-refractivity contribution in [3.05, 3.63) is 59.3 Å². The first kappa shape index (κ1) is 23.8. The predicted octanol–water partition coefficient (Wildman–Crippen LogP) is 3.64. The van der Waals surface area contributed by atoms with Crippen LogP contribution in [-0.2, 0) is 22.5 Å². The lowest BCUT2D eigenvalue weighted by Crippen LogP contribution is -2.44.